The summed E-state index contributed by atoms with van der Waals surface area (Å²) in [6.45, 7) is 3.05. The van der Waals surface area contributed by atoms with Gasteiger partial charge < -0.3 is 5.32 Å². The van der Waals surface area contributed by atoms with Crippen LogP contribution in [0.15, 0.2) is 29.8 Å². The monoisotopic (exact) mass is 330 g/mol. The average Bonchev–Trinajstić information content (AvgIpc) is 2.47. The smallest absolute Gasteiger partial charge is 0.353 e. The Morgan fingerprint density at radius 1 is 1.35 bits per heavy atom. The second kappa shape index (κ2) is 7.12. The van der Waals surface area contributed by atoms with E-state index in [4.69, 9.17) is 0 Å². The summed E-state index contributed by atoms with van der Waals surface area (Å²) < 4.78 is 52.0. The number of benzene rings is 1. The molecular formula is C16H18F4N2O. The lowest BCUT2D eigenvalue weighted by Crippen LogP contribution is -2.34. The van der Waals surface area contributed by atoms with Crippen LogP contribution in [0.1, 0.15) is 24.5 Å². The summed E-state index contributed by atoms with van der Waals surface area (Å²) in [4.78, 5) is 12.8. The van der Waals surface area contributed by atoms with E-state index in [1.807, 2.05) is 11.0 Å². The SMILES string of the molecule is CC(=O)NCC1=CCCN(Cc2cc(C(F)(F)F)ccc2F)C1. The van der Waals surface area contributed by atoms with Crippen molar-refractivity contribution in [3.8, 4) is 0 Å². The van der Waals surface area contributed by atoms with Crippen molar-refractivity contribution in [3.63, 3.8) is 0 Å². The maximum Gasteiger partial charge on any atom is 0.416 e. The fourth-order valence-electron chi connectivity index (χ4n) is 2.50. The number of carbonyl (C=O) groups is 1. The van der Waals surface area contributed by atoms with Crippen LogP contribution in [0.2, 0.25) is 0 Å². The number of nitrogens with zero attached hydrogens (tertiary/aromatic N) is 1. The van der Waals surface area contributed by atoms with Gasteiger partial charge in [0.25, 0.3) is 0 Å². The van der Waals surface area contributed by atoms with E-state index in [1.54, 1.807) is 0 Å². The van der Waals surface area contributed by atoms with Crippen molar-refractivity contribution in [3.05, 3.63) is 46.8 Å². The lowest BCUT2D eigenvalue weighted by Gasteiger charge is -2.27. The number of alkyl halides is 3. The highest BCUT2D eigenvalue weighted by molar-refractivity contribution is 5.73. The van der Waals surface area contributed by atoms with Crippen molar-refractivity contribution in [2.75, 3.05) is 19.6 Å². The fourth-order valence-corrected chi connectivity index (χ4v) is 2.50. The summed E-state index contributed by atoms with van der Waals surface area (Å²) in [5, 5.41) is 2.68. The molecule has 1 aliphatic heterocycles. The van der Waals surface area contributed by atoms with Crippen molar-refractivity contribution >= 4 is 5.91 Å². The third-order valence-electron chi connectivity index (χ3n) is 3.64. The first-order chi connectivity index (χ1) is 10.8. The van der Waals surface area contributed by atoms with Crippen LogP contribution in [0.5, 0.6) is 0 Å². The number of amides is 1. The fraction of sp³-hybridized carbons (Fsp3) is 0.438. The molecule has 0 saturated heterocycles. The normalized spacial score (nSPS) is 16.1. The quantitative estimate of drug-likeness (QED) is 0.680. The number of carbonyl (C=O) groups excluding carboxylic acids is 1. The Hall–Kier alpha value is -1.89. The second-order valence-corrected chi connectivity index (χ2v) is 5.58. The van der Waals surface area contributed by atoms with Crippen LogP contribution in [-0.4, -0.2) is 30.4 Å². The predicted molar refractivity (Wildman–Crippen MR) is 78.1 cm³/mol. The highest BCUT2D eigenvalue weighted by Crippen LogP contribution is 2.30. The maximum absolute atomic E-state index is 13.8. The highest BCUT2D eigenvalue weighted by Gasteiger charge is 2.31. The van der Waals surface area contributed by atoms with E-state index in [0.29, 0.717) is 19.6 Å². The average molecular weight is 330 g/mol. The molecule has 0 saturated carbocycles. The van der Waals surface area contributed by atoms with E-state index in [9.17, 15) is 22.4 Å². The number of nitrogens with one attached hydrogen (secondary N) is 1. The molecule has 1 aliphatic rings. The lowest BCUT2D eigenvalue weighted by molar-refractivity contribution is -0.137. The van der Waals surface area contributed by atoms with Crippen molar-refractivity contribution in [2.24, 2.45) is 0 Å². The lowest BCUT2D eigenvalue weighted by atomic mass is 10.1. The van der Waals surface area contributed by atoms with Gasteiger partial charge in [0.05, 0.1) is 5.56 Å². The zero-order valence-corrected chi connectivity index (χ0v) is 12.7. The Labute approximate surface area is 132 Å². The van der Waals surface area contributed by atoms with E-state index < -0.39 is 17.6 Å². The first-order valence-electron chi connectivity index (χ1n) is 7.26. The Kier molecular flexibility index (Phi) is 5.41. The molecule has 0 atom stereocenters. The van der Waals surface area contributed by atoms with E-state index in [1.165, 1.54) is 6.92 Å². The summed E-state index contributed by atoms with van der Waals surface area (Å²) in [7, 11) is 0. The number of halogens is 4. The molecule has 0 fully saturated rings. The molecule has 2 rings (SSSR count). The third-order valence-corrected chi connectivity index (χ3v) is 3.64. The molecular weight excluding hydrogens is 312 g/mol. The van der Waals surface area contributed by atoms with Crippen LogP contribution in [0.3, 0.4) is 0 Å². The second-order valence-electron chi connectivity index (χ2n) is 5.58. The number of hydrogen-bond donors (Lipinski definition) is 1. The number of rotatable bonds is 4. The first kappa shape index (κ1) is 17.5. The van der Waals surface area contributed by atoms with Gasteiger partial charge in [-0.15, -0.1) is 0 Å². The van der Waals surface area contributed by atoms with Crippen molar-refractivity contribution in [1.82, 2.24) is 10.2 Å². The molecule has 126 valence electrons. The minimum atomic E-state index is -4.49. The first-order valence-corrected chi connectivity index (χ1v) is 7.26. The molecule has 1 N–H and O–H groups in total. The van der Waals surface area contributed by atoms with Crippen LogP contribution in [-0.2, 0) is 17.5 Å². The minimum absolute atomic E-state index is 0.0283. The van der Waals surface area contributed by atoms with Crippen LogP contribution >= 0.6 is 0 Å². The van der Waals surface area contributed by atoms with Gasteiger partial charge in [-0.3, -0.25) is 9.69 Å². The molecule has 0 aromatic heterocycles. The van der Waals surface area contributed by atoms with E-state index in [-0.39, 0.29) is 18.0 Å². The summed E-state index contributed by atoms with van der Waals surface area (Å²) in [5.41, 5.74) is 0.152. The van der Waals surface area contributed by atoms with Gasteiger partial charge in [0.2, 0.25) is 5.91 Å². The summed E-state index contributed by atoms with van der Waals surface area (Å²) in [6.07, 6.45) is -1.77. The van der Waals surface area contributed by atoms with Gasteiger partial charge in [0.1, 0.15) is 5.82 Å². The molecule has 0 aliphatic carbocycles. The molecule has 0 radical (unpaired) electrons. The van der Waals surface area contributed by atoms with Gasteiger partial charge in [-0.2, -0.15) is 13.2 Å². The van der Waals surface area contributed by atoms with Crippen molar-refractivity contribution in [1.29, 1.82) is 0 Å². The van der Waals surface area contributed by atoms with Gasteiger partial charge >= 0.3 is 6.18 Å². The summed E-state index contributed by atoms with van der Waals surface area (Å²) >= 11 is 0. The van der Waals surface area contributed by atoms with Gasteiger partial charge in [-0.25, -0.2) is 4.39 Å². The topological polar surface area (TPSA) is 32.3 Å². The Bertz CT molecular complexity index is 611. The standard InChI is InChI=1S/C16H18F4N2O/c1-11(23)21-8-12-3-2-6-22(9-12)10-13-7-14(16(18,19)20)4-5-15(13)17/h3-5,7H,2,6,8-10H2,1H3,(H,21,23). The molecule has 0 bridgehead atoms. The van der Waals surface area contributed by atoms with E-state index in [0.717, 1.165) is 30.2 Å². The van der Waals surface area contributed by atoms with E-state index in [2.05, 4.69) is 5.32 Å². The molecule has 1 heterocycles. The molecule has 3 nitrogen and oxygen atoms in total. The van der Waals surface area contributed by atoms with Crippen molar-refractivity contribution < 1.29 is 22.4 Å². The molecule has 7 heteroatoms. The summed E-state index contributed by atoms with van der Waals surface area (Å²) in [5.74, 6) is -0.789. The Morgan fingerprint density at radius 3 is 2.74 bits per heavy atom. The Morgan fingerprint density at radius 2 is 2.09 bits per heavy atom. The van der Waals surface area contributed by atoms with Gasteiger partial charge in [-0.05, 0) is 30.2 Å². The van der Waals surface area contributed by atoms with Crippen LogP contribution in [0.25, 0.3) is 0 Å². The van der Waals surface area contributed by atoms with Gasteiger partial charge in [0, 0.05) is 38.7 Å². The largest absolute Gasteiger partial charge is 0.416 e. The van der Waals surface area contributed by atoms with Gasteiger partial charge in [0.15, 0.2) is 0 Å². The van der Waals surface area contributed by atoms with Crippen LogP contribution in [0.4, 0.5) is 17.6 Å². The third kappa shape index (κ3) is 5.06. The van der Waals surface area contributed by atoms with Crippen molar-refractivity contribution in [2.45, 2.75) is 26.1 Å². The predicted octanol–water partition coefficient (Wildman–Crippen LogP) is 3.11. The molecule has 23 heavy (non-hydrogen) atoms. The minimum Gasteiger partial charge on any atom is -0.353 e. The zero-order valence-electron chi connectivity index (χ0n) is 12.7. The van der Waals surface area contributed by atoms with Gasteiger partial charge in [-0.1, -0.05) is 6.08 Å². The molecule has 1 aromatic carbocycles. The molecule has 1 aromatic rings. The molecule has 0 unspecified atom stereocenters. The highest BCUT2D eigenvalue weighted by atomic mass is 19.4. The summed E-state index contributed by atoms with van der Waals surface area (Å²) in [6, 6.07) is 2.47. The zero-order chi connectivity index (χ0) is 17.0. The van der Waals surface area contributed by atoms with Crippen LogP contribution < -0.4 is 5.32 Å². The molecule has 1 amide bonds. The molecule has 0 spiro atoms. The van der Waals surface area contributed by atoms with Crippen LogP contribution in [0, 0.1) is 5.82 Å². The van der Waals surface area contributed by atoms with E-state index >= 15 is 0 Å². The maximum atomic E-state index is 13.8. The number of hydrogen-bond acceptors (Lipinski definition) is 2. The Balaban J connectivity index is 2.05.